The molecule has 2 N–H and O–H groups in total. The fourth-order valence-corrected chi connectivity index (χ4v) is 6.08. The lowest BCUT2D eigenvalue weighted by atomic mass is 9.78. The Kier molecular flexibility index (Phi) is 6.47. The second-order valence-electron chi connectivity index (χ2n) is 10.1. The van der Waals surface area contributed by atoms with E-state index in [0.29, 0.717) is 41.1 Å². The van der Waals surface area contributed by atoms with Crippen LogP contribution in [-0.4, -0.2) is 50.8 Å². The van der Waals surface area contributed by atoms with Gasteiger partial charge in [0.2, 0.25) is 5.91 Å². The first kappa shape index (κ1) is 23.7. The van der Waals surface area contributed by atoms with Crippen LogP contribution >= 0.6 is 0 Å². The average Bonchev–Trinajstić information content (AvgIpc) is 3.12. The lowest BCUT2D eigenvalue weighted by Gasteiger charge is -2.42. The van der Waals surface area contributed by atoms with Crippen molar-refractivity contribution in [3.8, 4) is 0 Å². The maximum absolute atomic E-state index is 13.9. The molecule has 1 saturated carbocycles. The van der Waals surface area contributed by atoms with Crippen molar-refractivity contribution in [2.24, 2.45) is 11.8 Å². The Morgan fingerprint density at radius 1 is 0.971 bits per heavy atom. The average molecular weight is 477 g/mol. The zero-order valence-corrected chi connectivity index (χ0v) is 20.1. The molecule has 7 heteroatoms. The number of amides is 3. The quantitative estimate of drug-likeness (QED) is 0.646. The molecule has 0 spiro atoms. The van der Waals surface area contributed by atoms with Crippen molar-refractivity contribution in [1.82, 2.24) is 9.80 Å². The molecule has 2 aromatic rings. The highest BCUT2D eigenvalue weighted by molar-refractivity contribution is 6.21. The topological polar surface area (TPSA) is 98.2 Å². The molecule has 2 aliphatic heterocycles. The molecule has 0 saturated heterocycles. The van der Waals surface area contributed by atoms with Crippen molar-refractivity contribution in [3.63, 3.8) is 0 Å². The summed E-state index contributed by atoms with van der Waals surface area (Å²) in [4.78, 5) is 43.3. The number of fused-ring (bicyclic) bond motifs is 2. The summed E-state index contributed by atoms with van der Waals surface area (Å²) in [6.07, 6.45) is 4.67. The SMILES string of the molecule is C[C@H]1CCCC[C@H]1C(=O)N1CCc2cc(CO)c(CO)cc2[C@@H]1CN1C(=O)c2ccccc2C1=O. The largest absolute Gasteiger partial charge is 0.392 e. The Bertz CT molecular complexity index is 1140. The number of imide groups is 1. The summed E-state index contributed by atoms with van der Waals surface area (Å²) in [5.74, 6) is -0.372. The predicted octanol–water partition coefficient (Wildman–Crippen LogP) is 3.22. The number of hydrogen-bond donors (Lipinski definition) is 2. The molecule has 0 aromatic heterocycles. The molecule has 2 aromatic carbocycles. The molecule has 7 nitrogen and oxygen atoms in total. The molecule has 3 aliphatic rings. The van der Waals surface area contributed by atoms with Crippen molar-refractivity contribution in [1.29, 1.82) is 0 Å². The van der Waals surface area contributed by atoms with E-state index in [1.54, 1.807) is 24.3 Å². The van der Waals surface area contributed by atoms with E-state index < -0.39 is 6.04 Å². The minimum atomic E-state index is -0.499. The first-order chi connectivity index (χ1) is 16.9. The molecule has 2 heterocycles. The molecule has 1 fully saturated rings. The van der Waals surface area contributed by atoms with Gasteiger partial charge >= 0.3 is 0 Å². The number of aliphatic hydroxyl groups excluding tert-OH is 2. The standard InChI is InChI=1S/C28H32N2O5/c1-17-6-2-3-7-21(17)26(33)29-11-10-18-12-19(15-31)20(16-32)13-24(18)25(29)14-30-27(34)22-8-4-5-9-23(22)28(30)35/h4-5,8-9,12-13,17,21,25,31-32H,2-3,6-7,10-11,14-16H2,1H3/t17-,21+,25-/m0/s1. The van der Waals surface area contributed by atoms with E-state index in [9.17, 15) is 24.6 Å². The summed E-state index contributed by atoms with van der Waals surface area (Å²) in [6.45, 7) is 2.27. The third-order valence-corrected chi connectivity index (χ3v) is 8.10. The van der Waals surface area contributed by atoms with Gasteiger partial charge in [-0.1, -0.05) is 44.0 Å². The van der Waals surface area contributed by atoms with Crippen molar-refractivity contribution in [2.75, 3.05) is 13.1 Å². The summed E-state index contributed by atoms with van der Waals surface area (Å²) >= 11 is 0. The van der Waals surface area contributed by atoms with E-state index in [-0.39, 0.29) is 43.4 Å². The monoisotopic (exact) mass is 476 g/mol. The highest BCUT2D eigenvalue weighted by Gasteiger charge is 2.42. The van der Waals surface area contributed by atoms with Crippen LogP contribution in [0.2, 0.25) is 0 Å². The lowest BCUT2D eigenvalue weighted by molar-refractivity contribution is -0.141. The molecule has 35 heavy (non-hydrogen) atoms. The van der Waals surface area contributed by atoms with E-state index in [1.807, 2.05) is 17.0 Å². The maximum Gasteiger partial charge on any atom is 0.261 e. The van der Waals surface area contributed by atoms with Crippen LogP contribution in [0.15, 0.2) is 36.4 Å². The highest BCUT2D eigenvalue weighted by atomic mass is 16.3. The summed E-state index contributed by atoms with van der Waals surface area (Å²) < 4.78 is 0. The number of nitrogens with zero attached hydrogens (tertiary/aromatic N) is 2. The molecular weight excluding hydrogens is 444 g/mol. The predicted molar refractivity (Wildman–Crippen MR) is 129 cm³/mol. The molecule has 0 radical (unpaired) electrons. The second kappa shape index (κ2) is 9.55. The normalized spacial score (nSPS) is 23.9. The van der Waals surface area contributed by atoms with Crippen molar-refractivity contribution >= 4 is 17.7 Å². The van der Waals surface area contributed by atoms with Crippen molar-refractivity contribution < 1.29 is 24.6 Å². The van der Waals surface area contributed by atoms with Gasteiger partial charge in [0.15, 0.2) is 0 Å². The third kappa shape index (κ3) is 4.06. The Labute approximate surface area is 205 Å². The first-order valence-corrected chi connectivity index (χ1v) is 12.6. The van der Waals surface area contributed by atoms with Crippen LogP contribution in [0, 0.1) is 11.8 Å². The number of aliphatic hydroxyl groups is 2. The van der Waals surface area contributed by atoms with Crippen LogP contribution < -0.4 is 0 Å². The van der Waals surface area contributed by atoms with Gasteiger partial charge in [-0.25, -0.2) is 0 Å². The van der Waals surface area contributed by atoms with Gasteiger partial charge < -0.3 is 15.1 Å². The van der Waals surface area contributed by atoms with Gasteiger partial charge in [0.25, 0.3) is 11.8 Å². The number of carbonyl (C=O) groups is 3. The molecule has 1 aliphatic carbocycles. The molecule has 5 rings (SSSR count). The first-order valence-electron chi connectivity index (χ1n) is 12.6. The Morgan fingerprint density at radius 2 is 1.60 bits per heavy atom. The van der Waals surface area contributed by atoms with Gasteiger partial charge in [-0.2, -0.15) is 0 Å². The van der Waals surface area contributed by atoms with E-state index >= 15 is 0 Å². The van der Waals surface area contributed by atoms with E-state index in [2.05, 4.69) is 6.92 Å². The van der Waals surface area contributed by atoms with Gasteiger partial charge in [0.1, 0.15) is 0 Å². The fraction of sp³-hybridized carbons (Fsp3) is 0.464. The van der Waals surface area contributed by atoms with Crippen LogP contribution in [-0.2, 0) is 24.4 Å². The summed E-state index contributed by atoms with van der Waals surface area (Å²) in [7, 11) is 0. The van der Waals surface area contributed by atoms with Crippen molar-refractivity contribution in [2.45, 2.75) is 58.3 Å². The zero-order chi connectivity index (χ0) is 24.7. The van der Waals surface area contributed by atoms with Gasteiger partial charge in [0.05, 0.1) is 36.9 Å². The molecule has 3 amide bonds. The zero-order valence-electron chi connectivity index (χ0n) is 20.1. The third-order valence-electron chi connectivity index (χ3n) is 8.10. The van der Waals surface area contributed by atoms with E-state index in [0.717, 1.165) is 36.8 Å². The lowest BCUT2D eigenvalue weighted by Crippen LogP contribution is -2.49. The smallest absolute Gasteiger partial charge is 0.261 e. The second-order valence-corrected chi connectivity index (χ2v) is 10.1. The number of hydrogen-bond acceptors (Lipinski definition) is 5. The molecule has 3 atom stereocenters. The molecule has 0 unspecified atom stereocenters. The molecule has 0 bridgehead atoms. The van der Waals surface area contributed by atoms with Gasteiger partial charge in [-0.15, -0.1) is 0 Å². The minimum Gasteiger partial charge on any atom is -0.392 e. The van der Waals surface area contributed by atoms with Crippen LogP contribution in [0.3, 0.4) is 0 Å². The number of benzene rings is 2. The van der Waals surface area contributed by atoms with Crippen molar-refractivity contribution in [3.05, 3.63) is 69.8 Å². The highest BCUT2D eigenvalue weighted by Crippen LogP contribution is 2.38. The van der Waals surface area contributed by atoms with Crippen LogP contribution in [0.4, 0.5) is 0 Å². The summed E-state index contributed by atoms with van der Waals surface area (Å²) in [6, 6.07) is 10.0. The Balaban J connectivity index is 1.54. The Hall–Kier alpha value is -3.03. The molecular formula is C28H32N2O5. The van der Waals surface area contributed by atoms with Gasteiger partial charge in [-0.05, 0) is 59.6 Å². The van der Waals surface area contributed by atoms with E-state index in [4.69, 9.17) is 0 Å². The number of rotatable bonds is 5. The summed E-state index contributed by atoms with van der Waals surface area (Å²) in [5, 5.41) is 19.7. The Morgan fingerprint density at radius 3 is 2.23 bits per heavy atom. The maximum atomic E-state index is 13.9. The van der Waals surface area contributed by atoms with E-state index in [1.165, 1.54) is 4.90 Å². The molecule has 184 valence electrons. The van der Waals surface area contributed by atoms with Crippen LogP contribution in [0.5, 0.6) is 0 Å². The van der Waals surface area contributed by atoms with Crippen LogP contribution in [0.1, 0.15) is 81.6 Å². The summed E-state index contributed by atoms with van der Waals surface area (Å²) in [5.41, 5.74) is 3.85. The fourth-order valence-electron chi connectivity index (χ4n) is 6.08. The van der Waals surface area contributed by atoms with Gasteiger partial charge in [0, 0.05) is 12.5 Å². The van der Waals surface area contributed by atoms with Crippen LogP contribution in [0.25, 0.3) is 0 Å². The minimum absolute atomic E-state index is 0.0650. The number of carbonyl (C=O) groups excluding carboxylic acids is 3. The van der Waals surface area contributed by atoms with Gasteiger partial charge in [-0.3, -0.25) is 19.3 Å².